The van der Waals surface area contributed by atoms with Crippen molar-refractivity contribution in [2.75, 3.05) is 11.4 Å². The molecule has 1 aromatic carbocycles. The fraction of sp³-hybridized carbons (Fsp3) is 0.545. The van der Waals surface area contributed by atoms with Gasteiger partial charge in [-0.2, -0.15) is 0 Å². The van der Waals surface area contributed by atoms with Crippen molar-refractivity contribution >= 4 is 29.5 Å². The second-order valence-electron chi connectivity index (χ2n) is 8.06. The van der Waals surface area contributed by atoms with Gasteiger partial charge in [-0.15, -0.1) is 0 Å². The van der Waals surface area contributed by atoms with E-state index in [0.717, 1.165) is 36.1 Å². The van der Waals surface area contributed by atoms with Crippen LogP contribution in [0.3, 0.4) is 0 Å². The molecule has 0 aromatic heterocycles. The maximum Gasteiger partial charge on any atom is 0.332 e. The SMILES string of the molecule is Cc1ccc(N2C(=O)N(CC(=O)O[C@@H](C)C(=O)NC3CCCCC3)C(=O)[C@H]2C)cc1. The van der Waals surface area contributed by atoms with E-state index in [4.69, 9.17) is 4.74 Å². The highest BCUT2D eigenvalue weighted by Crippen LogP contribution is 2.26. The van der Waals surface area contributed by atoms with E-state index >= 15 is 0 Å². The van der Waals surface area contributed by atoms with E-state index in [1.54, 1.807) is 19.1 Å². The Kier molecular flexibility index (Phi) is 6.74. The van der Waals surface area contributed by atoms with Gasteiger partial charge in [0.15, 0.2) is 6.10 Å². The highest BCUT2D eigenvalue weighted by Gasteiger charge is 2.44. The van der Waals surface area contributed by atoms with Crippen molar-refractivity contribution in [1.82, 2.24) is 10.2 Å². The quantitative estimate of drug-likeness (QED) is 0.569. The van der Waals surface area contributed by atoms with Gasteiger partial charge >= 0.3 is 12.0 Å². The maximum absolute atomic E-state index is 12.8. The van der Waals surface area contributed by atoms with E-state index in [-0.39, 0.29) is 11.9 Å². The van der Waals surface area contributed by atoms with Crippen LogP contribution in [0.5, 0.6) is 0 Å². The van der Waals surface area contributed by atoms with Crippen molar-refractivity contribution in [3.05, 3.63) is 29.8 Å². The van der Waals surface area contributed by atoms with Crippen LogP contribution >= 0.6 is 0 Å². The normalized spacial score (nSPS) is 21.0. The molecule has 0 unspecified atom stereocenters. The molecule has 1 aliphatic heterocycles. The molecule has 2 fully saturated rings. The molecule has 8 nitrogen and oxygen atoms in total. The van der Waals surface area contributed by atoms with Crippen molar-refractivity contribution in [1.29, 1.82) is 0 Å². The number of imide groups is 1. The fourth-order valence-electron chi connectivity index (χ4n) is 3.89. The molecule has 1 N–H and O–H groups in total. The third-order valence-electron chi connectivity index (χ3n) is 5.68. The molecule has 1 aromatic rings. The van der Waals surface area contributed by atoms with Crippen LogP contribution in [-0.2, 0) is 19.1 Å². The van der Waals surface area contributed by atoms with Gasteiger partial charge in [-0.05, 0) is 45.7 Å². The molecular formula is C22H29N3O5. The van der Waals surface area contributed by atoms with E-state index in [1.165, 1.54) is 18.2 Å². The van der Waals surface area contributed by atoms with Gasteiger partial charge in [-0.1, -0.05) is 37.0 Å². The maximum atomic E-state index is 12.8. The number of nitrogens with zero attached hydrogens (tertiary/aromatic N) is 2. The third kappa shape index (κ3) is 4.80. The minimum Gasteiger partial charge on any atom is -0.451 e. The summed E-state index contributed by atoms with van der Waals surface area (Å²) in [5.74, 6) is -1.62. The van der Waals surface area contributed by atoms with Crippen LogP contribution in [0.1, 0.15) is 51.5 Å². The number of ether oxygens (including phenoxy) is 1. The number of anilines is 1. The average Bonchev–Trinajstić information content (AvgIpc) is 2.93. The topological polar surface area (TPSA) is 96.0 Å². The zero-order chi connectivity index (χ0) is 21.8. The Hall–Kier alpha value is -2.90. The van der Waals surface area contributed by atoms with Gasteiger partial charge < -0.3 is 10.1 Å². The molecule has 0 spiro atoms. The van der Waals surface area contributed by atoms with E-state index < -0.39 is 36.6 Å². The van der Waals surface area contributed by atoms with Gasteiger partial charge in [0.05, 0.1) is 0 Å². The first kappa shape index (κ1) is 21.8. The van der Waals surface area contributed by atoms with Gasteiger partial charge in [0.1, 0.15) is 12.6 Å². The van der Waals surface area contributed by atoms with Crippen LogP contribution in [0.2, 0.25) is 0 Å². The van der Waals surface area contributed by atoms with Gasteiger partial charge in [-0.3, -0.25) is 24.2 Å². The second-order valence-corrected chi connectivity index (χ2v) is 8.06. The minimum absolute atomic E-state index is 0.109. The molecule has 30 heavy (non-hydrogen) atoms. The first-order valence-electron chi connectivity index (χ1n) is 10.5. The number of esters is 1. The van der Waals surface area contributed by atoms with E-state index in [2.05, 4.69) is 5.32 Å². The van der Waals surface area contributed by atoms with Crippen LogP contribution in [-0.4, -0.2) is 53.4 Å². The molecule has 0 radical (unpaired) electrons. The number of benzene rings is 1. The Morgan fingerprint density at radius 2 is 1.77 bits per heavy atom. The van der Waals surface area contributed by atoms with Crippen LogP contribution in [0, 0.1) is 6.92 Å². The molecular weight excluding hydrogens is 386 g/mol. The Morgan fingerprint density at radius 3 is 2.40 bits per heavy atom. The zero-order valence-electron chi connectivity index (χ0n) is 17.7. The number of hydrogen-bond acceptors (Lipinski definition) is 5. The Bertz CT molecular complexity index is 817. The van der Waals surface area contributed by atoms with E-state index in [1.807, 2.05) is 19.1 Å². The summed E-state index contributed by atoms with van der Waals surface area (Å²) in [6.07, 6.45) is 4.19. The molecule has 1 saturated carbocycles. The fourth-order valence-corrected chi connectivity index (χ4v) is 3.89. The number of carbonyl (C=O) groups excluding carboxylic acids is 4. The van der Waals surface area contributed by atoms with Gasteiger partial charge in [0.2, 0.25) is 0 Å². The number of aryl methyl sites for hydroxylation is 1. The summed E-state index contributed by atoms with van der Waals surface area (Å²) in [7, 11) is 0. The number of carbonyl (C=O) groups is 4. The summed E-state index contributed by atoms with van der Waals surface area (Å²) < 4.78 is 5.19. The lowest BCUT2D eigenvalue weighted by atomic mass is 9.95. The lowest BCUT2D eigenvalue weighted by molar-refractivity contribution is -0.156. The molecule has 8 heteroatoms. The molecule has 4 amide bonds. The van der Waals surface area contributed by atoms with Crippen molar-refractivity contribution in [3.8, 4) is 0 Å². The van der Waals surface area contributed by atoms with Crippen molar-refractivity contribution in [2.24, 2.45) is 0 Å². The van der Waals surface area contributed by atoms with Crippen LogP contribution < -0.4 is 10.2 Å². The van der Waals surface area contributed by atoms with Gasteiger partial charge in [0.25, 0.3) is 11.8 Å². The number of hydrogen-bond donors (Lipinski definition) is 1. The van der Waals surface area contributed by atoms with Gasteiger partial charge in [0, 0.05) is 11.7 Å². The summed E-state index contributed by atoms with van der Waals surface area (Å²) in [6, 6.07) is 6.03. The van der Waals surface area contributed by atoms with E-state index in [9.17, 15) is 19.2 Å². The minimum atomic E-state index is -0.988. The van der Waals surface area contributed by atoms with Crippen LogP contribution in [0.4, 0.5) is 10.5 Å². The molecule has 2 aliphatic rings. The largest absolute Gasteiger partial charge is 0.451 e. The summed E-state index contributed by atoms with van der Waals surface area (Å²) in [5, 5.41) is 2.90. The highest BCUT2D eigenvalue weighted by molar-refractivity contribution is 6.15. The molecule has 0 bridgehead atoms. The molecule has 2 atom stereocenters. The standard InChI is InChI=1S/C22H29N3O5/c1-14-9-11-18(12-10-14)25-15(2)21(28)24(22(25)29)13-19(26)30-16(3)20(27)23-17-7-5-4-6-8-17/h9-12,15-17H,4-8,13H2,1-3H3,(H,23,27)/t15-,16+/m1/s1. The highest BCUT2D eigenvalue weighted by atomic mass is 16.5. The smallest absolute Gasteiger partial charge is 0.332 e. The van der Waals surface area contributed by atoms with Crippen molar-refractivity contribution in [3.63, 3.8) is 0 Å². The number of nitrogens with one attached hydrogen (secondary N) is 1. The number of rotatable bonds is 6. The zero-order valence-corrected chi connectivity index (χ0v) is 17.7. The monoisotopic (exact) mass is 415 g/mol. The summed E-state index contributed by atoms with van der Waals surface area (Å²) in [5.41, 5.74) is 1.62. The first-order valence-corrected chi connectivity index (χ1v) is 10.5. The Morgan fingerprint density at radius 1 is 1.13 bits per heavy atom. The van der Waals surface area contributed by atoms with Crippen LogP contribution in [0.15, 0.2) is 24.3 Å². The predicted octanol–water partition coefficient (Wildman–Crippen LogP) is 2.53. The van der Waals surface area contributed by atoms with E-state index in [0.29, 0.717) is 5.69 Å². The van der Waals surface area contributed by atoms with Crippen LogP contribution in [0.25, 0.3) is 0 Å². The van der Waals surface area contributed by atoms with Crippen molar-refractivity contribution < 1.29 is 23.9 Å². The summed E-state index contributed by atoms with van der Waals surface area (Å²) in [4.78, 5) is 52.2. The van der Waals surface area contributed by atoms with Gasteiger partial charge in [-0.25, -0.2) is 4.79 Å². The summed E-state index contributed by atoms with van der Waals surface area (Å²) >= 11 is 0. The molecule has 1 aliphatic carbocycles. The number of urea groups is 1. The Balaban J connectivity index is 1.57. The molecule has 1 heterocycles. The summed E-state index contributed by atoms with van der Waals surface area (Å²) in [6.45, 7) is 4.51. The predicted molar refractivity (Wildman–Crippen MR) is 111 cm³/mol. The molecule has 1 saturated heterocycles. The first-order chi connectivity index (χ1) is 14.3. The Labute approximate surface area is 176 Å². The second kappa shape index (κ2) is 9.28. The lowest BCUT2D eigenvalue weighted by Crippen LogP contribution is -2.44. The van der Waals surface area contributed by atoms with Crippen molar-refractivity contribution in [2.45, 2.75) is 71.1 Å². The average molecular weight is 415 g/mol. The number of amides is 4. The molecule has 3 rings (SSSR count). The molecule has 162 valence electrons. The third-order valence-corrected chi connectivity index (χ3v) is 5.68. The lowest BCUT2D eigenvalue weighted by Gasteiger charge is -2.24.